The molecule has 8 heteroatoms. The molecule has 0 saturated heterocycles. The molecule has 0 saturated carbocycles. The number of esters is 1. The fourth-order valence-electron chi connectivity index (χ4n) is 1.34. The molecule has 0 aliphatic heterocycles. The minimum atomic E-state index is -0.814. The van der Waals surface area contributed by atoms with E-state index in [1.165, 1.54) is 6.21 Å². The van der Waals surface area contributed by atoms with Crippen LogP contribution in [0.2, 0.25) is 5.02 Å². The Kier molecular flexibility index (Phi) is 4.31. The molecule has 2 rings (SSSR count). The monoisotopic (exact) mass is 293 g/mol. The van der Waals surface area contributed by atoms with Gasteiger partial charge in [0, 0.05) is 10.9 Å². The number of halogens is 1. The molecule has 1 aromatic heterocycles. The molecular formula is C12H10ClN4O3-. The van der Waals surface area contributed by atoms with E-state index in [-0.39, 0.29) is 12.3 Å². The SMILES string of the molecule is CCOC(=O)c1nnn(N=Cc2ccc(Cl)cc2)c1[O-]. The number of hydrogen-bond acceptors (Lipinski definition) is 6. The minimum Gasteiger partial charge on any atom is -0.856 e. The van der Waals surface area contributed by atoms with Gasteiger partial charge in [-0.1, -0.05) is 23.7 Å². The van der Waals surface area contributed by atoms with Crippen molar-refractivity contribution >= 4 is 23.8 Å². The van der Waals surface area contributed by atoms with Crippen molar-refractivity contribution in [3.8, 4) is 5.88 Å². The van der Waals surface area contributed by atoms with Gasteiger partial charge in [-0.05, 0) is 29.8 Å². The lowest BCUT2D eigenvalue weighted by molar-refractivity contribution is -0.279. The zero-order chi connectivity index (χ0) is 14.5. The third-order valence-corrected chi connectivity index (χ3v) is 2.52. The smallest absolute Gasteiger partial charge is 0.359 e. The summed E-state index contributed by atoms with van der Waals surface area (Å²) >= 11 is 5.75. The van der Waals surface area contributed by atoms with Crippen LogP contribution in [0.25, 0.3) is 0 Å². The molecule has 0 unspecified atom stereocenters. The van der Waals surface area contributed by atoms with E-state index < -0.39 is 11.8 Å². The Hall–Kier alpha value is -2.41. The number of carbonyl (C=O) groups excluding carboxylic acids is 1. The standard InChI is InChI=1S/C12H11ClN4O3/c1-2-20-12(19)10-11(18)17(16-15-10)14-7-8-3-5-9(13)6-4-8/h3-7,18H,2H2,1H3/p-1. The Morgan fingerprint density at radius 1 is 1.50 bits per heavy atom. The first-order chi connectivity index (χ1) is 9.61. The highest BCUT2D eigenvalue weighted by Crippen LogP contribution is 2.11. The lowest BCUT2D eigenvalue weighted by atomic mass is 10.2. The van der Waals surface area contributed by atoms with Crippen LogP contribution in [0.4, 0.5) is 0 Å². The summed E-state index contributed by atoms with van der Waals surface area (Å²) in [6.45, 7) is 1.78. The highest BCUT2D eigenvalue weighted by atomic mass is 35.5. The fraction of sp³-hybridized carbons (Fsp3) is 0.167. The van der Waals surface area contributed by atoms with Crippen LogP contribution in [0.3, 0.4) is 0 Å². The van der Waals surface area contributed by atoms with Gasteiger partial charge in [0.15, 0.2) is 5.69 Å². The molecule has 0 spiro atoms. The van der Waals surface area contributed by atoms with E-state index in [1.54, 1.807) is 31.2 Å². The normalized spacial score (nSPS) is 10.9. The van der Waals surface area contributed by atoms with E-state index in [1.807, 2.05) is 0 Å². The number of carbonyl (C=O) groups is 1. The predicted octanol–water partition coefficient (Wildman–Crippen LogP) is 1.06. The molecule has 0 N–H and O–H groups in total. The lowest BCUT2D eigenvalue weighted by Gasteiger charge is -2.05. The van der Waals surface area contributed by atoms with Crippen molar-refractivity contribution in [2.45, 2.75) is 6.92 Å². The van der Waals surface area contributed by atoms with E-state index in [0.29, 0.717) is 5.02 Å². The topological polar surface area (TPSA) is 92.4 Å². The summed E-state index contributed by atoms with van der Waals surface area (Å²) in [6.07, 6.45) is 1.40. The number of benzene rings is 1. The molecule has 0 bridgehead atoms. The van der Waals surface area contributed by atoms with Crippen LogP contribution in [0.1, 0.15) is 23.0 Å². The van der Waals surface area contributed by atoms with E-state index in [9.17, 15) is 9.90 Å². The van der Waals surface area contributed by atoms with Crippen molar-refractivity contribution in [3.05, 3.63) is 40.5 Å². The van der Waals surface area contributed by atoms with Crippen molar-refractivity contribution < 1.29 is 14.6 Å². The molecular weight excluding hydrogens is 284 g/mol. The molecule has 7 nitrogen and oxygen atoms in total. The summed E-state index contributed by atoms with van der Waals surface area (Å²) in [4.78, 5) is 12.1. The number of hydrogen-bond donors (Lipinski definition) is 0. The van der Waals surface area contributed by atoms with Crippen molar-refractivity contribution in [2.24, 2.45) is 5.10 Å². The Labute approximate surface area is 119 Å². The van der Waals surface area contributed by atoms with Gasteiger partial charge in [-0.3, -0.25) is 0 Å². The molecule has 0 amide bonds. The second-order valence-corrected chi connectivity index (χ2v) is 4.09. The van der Waals surface area contributed by atoms with Gasteiger partial charge in [0.1, 0.15) is 0 Å². The van der Waals surface area contributed by atoms with Crippen LogP contribution < -0.4 is 5.11 Å². The number of nitrogens with zero attached hydrogens (tertiary/aromatic N) is 4. The maximum absolute atomic E-state index is 11.8. The summed E-state index contributed by atoms with van der Waals surface area (Å²) < 4.78 is 4.68. The summed E-state index contributed by atoms with van der Waals surface area (Å²) in [5.41, 5.74) is 0.335. The first-order valence-corrected chi connectivity index (χ1v) is 6.09. The third kappa shape index (κ3) is 3.12. The summed E-state index contributed by atoms with van der Waals surface area (Å²) in [7, 11) is 0. The van der Waals surface area contributed by atoms with Crippen LogP contribution in [0, 0.1) is 0 Å². The number of aromatic nitrogens is 3. The molecule has 0 aliphatic carbocycles. The van der Waals surface area contributed by atoms with Crippen LogP contribution >= 0.6 is 11.6 Å². The number of rotatable bonds is 4. The van der Waals surface area contributed by atoms with Crippen molar-refractivity contribution in [2.75, 3.05) is 6.61 Å². The summed E-state index contributed by atoms with van der Waals surface area (Å²) in [5.74, 6) is -1.54. The first kappa shape index (κ1) is 14.0. The Bertz CT molecular complexity index is 637. The van der Waals surface area contributed by atoms with Gasteiger partial charge in [-0.15, -0.1) is 9.89 Å². The van der Waals surface area contributed by atoms with Crippen LogP contribution in [-0.4, -0.2) is 33.9 Å². The molecule has 1 heterocycles. The van der Waals surface area contributed by atoms with Crippen molar-refractivity contribution in [1.82, 2.24) is 15.1 Å². The molecule has 2 aromatic rings. The second kappa shape index (κ2) is 6.16. The Balaban J connectivity index is 2.18. The molecule has 0 fully saturated rings. The Morgan fingerprint density at radius 3 is 2.85 bits per heavy atom. The van der Waals surface area contributed by atoms with E-state index in [2.05, 4.69) is 20.2 Å². The molecule has 20 heavy (non-hydrogen) atoms. The molecule has 0 aliphatic rings. The Morgan fingerprint density at radius 2 is 2.20 bits per heavy atom. The maximum atomic E-state index is 11.8. The largest absolute Gasteiger partial charge is 0.856 e. The minimum absolute atomic E-state index is 0.152. The van der Waals surface area contributed by atoms with Gasteiger partial charge < -0.3 is 9.84 Å². The molecule has 1 aromatic carbocycles. The summed E-state index contributed by atoms with van der Waals surface area (Å²) in [5, 5.41) is 23.1. The van der Waals surface area contributed by atoms with Gasteiger partial charge in [-0.2, -0.15) is 5.10 Å². The summed E-state index contributed by atoms with van der Waals surface area (Å²) in [6, 6.07) is 6.82. The second-order valence-electron chi connectivity index (χ2n) is 3.65. The average Bonchev–Trinajstić information content (AvgIpc) is 2.80. The van der Waals surface area contributed by atoms with E-state index in [4.69, 9.17) is 11.6 Å². The zero-order valence-electron chi connectivity index (χ0n) is 10.5. The van der Waals surface area contributed by atoms with Crippen LogP contribution in [-0.2, 0) is 4.74 Å². The van der Waals surface area contributed by atoms with Crippen molar-refractivity contribution in [3.63, 3.8) is 0 Å². The average molecular weight is 294 g/mol. The highest BCUT2D eigenvalue weighted by Gasteiger charge is 2.13. The fourth-order valence-corrected chi connectivity index (χ4v) is 1.46. The maximum Gasteiger partial charge on any atom is 0.359 e. The van der Waals surface area contributed by atoms with E-state index >= 15 is 0 Å². The first-order valence-electron chi connectivity index (χ1n) is 5.71. The highest BCUT2D eigenvalue weighted by molar-refractivity contribution is 6.30. The quantitative estimate of drug-likeness (QED) is 0.621. The van der Waals surface area contributed by atoms with Crippen LogP contribution in [0.15, 0.2) is 29.4 Å². The van der Waals surface area contributed by atoms with Gasteiger partial charge in [0.2, 0.25) is 0 Å². The van der Waals surface area contributed by atoms with Crippen LogP contribution in [0.5, 0.6) is 5.88 Å². The zero-order valence-corrected chi connectivity index (χ0v) is 11.2. The van der Waals surface area contributed by atoms with Gasteiger partial charge in [0.05, 0.1) is 12.8 Å². The lowest BCUT2D eigenvalue weighted by Crippen LogP contribution is -2.10. The van der Waals surface area contributed by atoms with Crippen molar-refractivity contribution in [1.29, 1.82) is 0 Å². The predicted molar refractivity (Wildman–Crippen MR) is 69.9 cm³/mol. The number of ether oxygens (including phenoxy) is 1. The molecule has 0 radical (unpaired) electrons. The van der Waals surface area contributed by atoms with Gasteiger partial charge in [-0.25, -0.2) is 4.79 Å². The molecule has 104 valence electrons. The third-order valence-electron chi connectivity index (χ3n) is 2.27. The molecule has 0 atom stereocenters. The van der Waals surface area contributed by atoms with Gasteiger partial charge >= 0.3 is 5.97 Å². The van der Waals surface area contributed by atoms with Gasteiger partial charge in [0.25, 0.3) is 0 Å². The van der Waals surface area contributed by atoms with E-state index in [0.717, 1.165) is 10.4 Å².